The summed E-state index contributed by atoms with van der Waals surface area (Å²) in [5.41, 5.74) is 1.04. The number of imidazole rings is 1. The first-order valence-electron chi connectivity index (χ1n) is 7.00. The second kappa shape index (κ2) is 6.96. The maximum atomic E-state index is 13.3. The molecule has 1 aromatic heterocycles. The average molecular weight is 322 g/mol. The molecule has 0 fully saturated rings. The Morgan fingerprint density at radius 2 is 2.18 bits per heavy atom. The van der Waals surface area contributed by atoms with Crippen LogP contribution in [-0.2, 0) is 23.2 Å². The Kier molecular flexibility index (Phi) is 5.24. The Bertz CT molecular complexity index is 683. The van der Waals surface area contributed by atoms with Gasteiger partial charge in [-0.25, -0.2) is 9.37 Å². The molecule has 2 rings (SSSR count). The molecular formula is C16H19FN2O2S. The van der Waals surface area contributed by atoms with E-state index in [2.05, 4.69) is 18.8 Å². The van der Waals surface area contributed by atoms with E-state index in [0.29, 0.717) is 5.82 Å². The quantitative estimate of drug-likeness (QED) is 0.783. The van der Waals surface area contributed by atoms with Crippen molar-refractivity contribution in [3.8, 4) is 0 Å². The molecular weight excluding hydrogens is 303 g/mol. The number of hydrogen-bond acceptors (Lipinski definition) is 4. The third-order valence-corrected chi connectivity index (χ3v) is 4.14. The van der Waals surface area contributed by atoms with Crippen molar-refractivity contribution in [1.82, 2.24) is 9.55 Å². The molecule has 0 amide bonds. The number of rotatable bonds is 5. The molecule has 2 aromatic rings. The summed E-state index contributed by atoms with van der Waals surface area (Å²) in [6.07, 6.45) is 0. The van der Waals surface area contributed by atoms with Crippen LogP contribution < -0.4 is 0 Å². The van der Waals surface area contributed by atoms with Crippen LogP contribution in [0.1, 0.15) is 38.2 Å². The van der Waals surface area contributed by atoms with Crippen molar-refractivity contribution in [2.75, 3.05) is 0 Å². The van der Waals surface area contributed by atoms with Crippen LogP contribution in [-0.4, -0.2) is 15.5 Å². The first kappa shape index (κ1) is 16.5. The second-order valence-electron chi connectivity index (χ2n) is 5.27. The van der Waals surface area contributed by atoms with E-state index in [1.54, 1.807) is 6.07 Å². The van der Waals surface area contributed by atoms with Gasteiger partial charge in [0.25, 0.3) is 0 Å². The molecule has 1 aromatic carbocycles. The van der Waals surface area contributed by atoms with Gasteiger partial charge in [-0.3, -0.25) is 4.79 Å². The fourth-order valence-electron chi connectivity index (χ4n) is 2.18. The van der Waals surface area contributed by atoms with Crippen molar-refractivity contribution in [3.63, 3.8) is 0 Å². The zero-order chi connectivity index (χ0) is 16.3. The number of aromatic nitrogens is 2. The van der Waals surface area contributed by atoms with E-state index in [1.807, 2.05) is 17.7 Å². The highest BCUT2D eigenvalue weighted by molar-refractivity contribution is 7.99. The standard InChI is InChI=1S/C16H19FN2O2S/c1-10(2)15-16(22-13-7-5-6-12(17)8-13)18-14(19(15)4)9-21-11(3)20/h5-8,10H,9H2,1-4H3. The summed E-state index contributed by atoms with van der Waals surface area (Å²) in [4.78, 5) is 16.3. The Morgan fingerprint density at radius 3 is 2.77 bits per heavy atom. The zero-order valence-corrected chi connectivity index (χ0v) is 13.9. The fourth-order valence-corrected chi connectivity index (χ4v) is 3.35. The van der Waals surface area contributed by atoms with Gasteiger partial charge in [0.1, 0.15) is 23.3 Å². The van der Waals surface area contributed by atoms with Gasteiger partial charge in [-0.2, -0.15) is 0 Å². The van der Waals surface area contributed by atoms with E-state index in [0.717, 1.165) is 15.6 Å². The fraction of sp³-hybridized carbons (Fsp3) is 0.375. The molecule has 4 nitrogen and oxygen atoms in total. The SMILES string of the molecule is CC(=O)OCc1nc(Sc2cccc(F)c2)c(C(C)C)n1C. The van der Waals surface area contributed by atoms with E-state index in [-0.39, 0.29) is 24.3 Å². The van der Waals surface area contributed by atoms with E-state index >= 15 is 0 Å². The molecule has 0 aliphatic carbocycles. The second-order valence-corrected chi connectivity index (χ2v) is 6.33. The number of esters is 1. The number of carbonyl (C=O) groups is 1. The van der Waals surface area contributed by atoms with Crippen molar-refractivity contribution >= 4 is 17.7 Å². The van der Waals surface area contributed by atoms with E-state index in [4.69, 9.17) is 4.74 Å². The first-order valence-corrected chi connectivity index (χ1v) is 7.82. The van der Waals surface area contributed by atoms with Crippen molar-refractivity contribution in [3.05, 3.63) is 41.6 Å². The lowest BCUT2D eigenvalue weighted by molar-refractivity contribution is -0.142. The summed E-state index contributed by atoms with van der Waals surface area (Å²) < 4.78 is 20.3. The third-order valence-electron chi connectivity index (χ3n) is 3.16. The lowest BCUT2D eigenvalue weighted by Gasteiger charge is -2.10. The van der Waals surface area contributed by atoms with Gasteiger partial charge in [-0.05, 0) is 24.1 Å². The van der Waals surface area contributed by atoms with Crippen molar-refractivity contribution in [2.24, 2.45) is 7.05 Å². The van der Waals surface area contributed by atoms with Crippen LogP contribution in [0.25, 0.3) is 0 Å². The minimum Gasteiger partial charge on any atom is -0.458 e. The summed E-state index contributed by atoms with van der Waals surface area (Å²) in [7, 11) is 1.90. The van der Waals surface area contributed by atoms with Crippen molar-refractivity contribution in [2.45, 2.75) is 43.2 Å². The Morgan fingerprint density at radius 1 is 1.45 bits per heavy atom. The number of hydrogen-bond donors (Lipinski definition) is 0. The van der Waals surface area contributed by atoms with Crippen LogP contribution in [0.15, 0.2) is 34.2 Å². The molecule has 0 radical (unpaired) electrons. The van der Waals surface area contributed by atoms with E-state index in [1.165, 1.54) is 30.8 Å². The predicted molar refractivity (Wildman–Crippen MR) is 83.3 cm³/mol. The normalized spacial score (nSPS) is 11.0. The Balaban J connectivity index is 2.33. The summed E-state index contributed by atoms with van der Waals surface area (Å²) in [5.74, 6) is 0.318. The predicted octanol–water partition coefficient (Wildman–Crippen LogP) is 3.90. The van der Waals surface area contributed by atoms with Gasteiger partial charge in [0.15, 0.2) is 0 Å². The number of benzene rings is 1. The minimum absolute atomic E-state index is 0.134. The van der Waals surface area contributed by atoms with Crippen LogP contribution in [0.4, 0.5) is 4.39 Å². The maximum Gasteiger partial charge on any atom is 0.303 e. The molecule has 0 aliphatic rings. The van der Waals surface area contributed by atoms with E-state index in [9.17, 15) is 9.18 Å². The lowest BCUT2D eigenvalue weighted by Crippen LogP contribution is -2.07. The van der Waals surface area contributed by atoms with Crippen LogP contribution in [0.2, 0.25) is 0 Å². The number of ether oxygens (including phenoxy) is 1. The summed E-state index contributed by atoms with van der Waals surface area (Å²) in [5, 5.41) is 0.810. The molecule has 0 saturated carbocycles. The smallest absolute Gasteiger partial charge is 0.303 e. The molecule has 0 bridgehead atoms. The van der Waals surface area contributed by atoms with Crippen LogP contribution in [0.5, 0.6) is 0 Å². The first-order chi connectivity index (χ1) is 10.4. The monoisotopic (exact) mass is 322 g/mol. The maximum absolute atomic E-state index is 13.3. The highest BCUT2D eigenvalue weighted by atomic mass is 32.2. The van der Waals surface area contributed by atoms with Crippen molar-refractivity contribution < 1.29 is 13.9 Å². The van der Waals surface area contributed by atoms with E-state index < -0.39 is 0 Å². The highest BCUT2D eigenvalue weighted by Gasteiger charge is 2.19. The number of carbonyl (C=O) groups excluding carboxylic acids is 1. The average Bonchev–Trinajstić information content (AvgIpc) is 2.72. The molecule has 22 heavy (non-hydrogen) atoms. The highest BCUT2D eigenvalue weighted by Crippen LogP contribution is 2.34. The Hall–Kier alpha value is -1.82. The number of halogens is 1. The molecule has 0 atom stereocenters. The Labute approximate surface area is 133 Å². The third kappa shape index (κ3) is 3.88. The minimum atomic E-state index is -0.339. The van der Waals surface area contributed by atoms with Crippen LogP contribution >= 0.6 is 11.8 Å². The topological polar surface area (TPSA) is 44.1 Å². The van der Waals surface area contributed by atoms with Gasteiger partial charge in [0.2, 0.25) is 0 Å². The zero-order valence-electron chi connectivity index (χ0n) is 13.1. The molecule has 0 aliphatic heterocycles. The summed E-state index contributed by atoms with van der Waals surface area (Å²) in [6, 6.07) is 6.42. The summed E-state index contributed by atoms with van der Waals surface area (Å²) in [6.45, 7) is 5.65. The van der Waals surface area contributed by atoms with Gasteiger partial charge in [0, 0.05) is 18.9 Å². The van der Waals surface area contributed by atoms with Gasteiger partial charge < -0.3 is 9.30 Å². The summed E-state index contributed by atoms with van der Waals surface area (Å²) >= 11 is 1.41. The molecule has 0 N–H and O–H groups in total. The molecule has 0 saturated heterocycles. The van der Waals surface area contributed by atoms with Gasteiger partial charge >= 0.3 is 5.97 Å². The molecule has 6 heteroatoms. The largest absolute Gasteiger partial charge is 0.458 e. The van der Waals surface area contributed by atoms with Gasteiger partial charge in [-0.1, -0.05) is 31.7 Å². The van der Waals surface area contributed by atoms with Crippen LogP contribution in [0, 0.1) is 5.82 Å². The molecule has 118 valence electrons. The lowest BCUT2D eigenvalue weighted by atomic mass is 10.1. The van der Waals surface area contributed by atoms with Gasteiger partial charge in [0.05, 0.1) is 5.69 Å². The number of nitrogens with zero attached hydrogens (tertiary/aromatic N) is 2. The van der Waals surface area contributed by atoms with Crippen molar-refractivity contribution in [1.29, 1.82) is 0 Å². The molecule has 0 unspecified atom stereocenters. The molecule has 0 spiro atoms. The van der Waals surface area contributed by atoms with Crippen LogP contribution in [0.3, 0.4) is 0 Å². The van der Waals surface area contributed by atoms with Gasteiger partial charge in [-0.15, -0.1) is 0 Å². The molecule has 1 heterocycles.